The zero-order valence-electron chi connectivity index (χ0n) is 9.66. The summed E-state index contributed by atoms with van der Waals surface area (Å²) in [7, 11) is 4.08. The number of ether oxygens (including phenoxy) is 1. The van der Waals surface area contributed by atoms with Gasteiger partial charge in [-0.05, 0) is 19.3 Å². The van der Waals surface area contributed by atoms with Gasteiger partial charge < -0.3 is 9.64 Å². The van der Waals surface area contributed by atoms with Crippen LogP contribution in [0.4, 0.5) is 5.69 Å². The molecule has 1 aromatic heterocycles. The van der Waals surface area contributed by atoms with Gasteiger partial charge in [-0.2, -0.15) is 0 Å². The number of pyridine rings is 1. The number of anilines is 1. The third-order valence-electron chi connectivity index (χ3n) is 2.56. The minimum absolute atomic E-state index is 0.441. The second kappa shape index (κ2) is 4.09. The first-order valence-corrected chi connectivity index (χ1v) is 5.54. The van der Waals surface area contributed by atoms with Gasteiger partial charge in [0, 0.05) is 26.4 Å². The van der Waals surface area contributed by atoms with Crippen molar-refractivity contribution in [3.63, 3.8) is 0 Å². The van der Waals surface area contributed by atoms with Gasteiger partial charge in [0.2, 0.25) is 0 Å². The van der Waals surface area contributed by atoms with Crippen LogP contribution in [0.25, 0.3) is 0 Å². The second-order valence-electron chi connectivity index (χ2n) is 4.17. The summed E-state index contributed by atoms with van der Waals surface area (Å²) >= 11 is 0. The lowest BCUT2D eigenvalue weighted by atomic mass is 10.2. The lowest BCUT2D eigenvalue weighted by molar-refractivity contribution is 0.303. The van der Waals surface area contributed by atoms with Gasteiger partial charge in [0.15, 0.2) is 0 Å². The Bertz CT molecular complexity index is 345. The SMILES string of the molecule is CCc1nccc(OC2CC2)c1N(C)C. The van der Waals surface area contributed by atoms with E-state index in [1.165, 1.54) is 12.8 Å². The quantitative estimate of drug-likeness (QED) is 0.755. The summed E-state index contributed by atoms with van der Waals surface area (Å²) in [6.45, 7) is 2.12. The Hall–Kier alpha value is -1.25. The lowest BCUT2D eigenvalue weighted by Gasteiger charge is -2.20. The highest BCUT2D eigenvalue weighted by Crippen LogP contribution is 2.34. The van der Waals surface area contributed by atoms with Crippen LogP contribution < -0.4 is 9.64 Å². The van der Waals surface area contributed by atoms with Gasteiger partial charge in [0.25, 0.3) is 0 Å². The van der Waals surface area contributed by atoms with Crippen molar-refractivity contribution in [2.75, 3.05) is 19.0 Å². The third kappa shape index (κ3) is 2.22. The molecule has 82 valence electrons. The number of aryl methyl sites for hydroxylation is 1. The van der Waals surface area contributed by atoms with Crippen molar-refractivity contribution < 1.29 is 4.74 Å². The maximum absolute atomic E-state index is 5.88. The Morgan fingerprint density at radius 1 is 1.47 bits per heavy atom. The molecule has 3 heteroatoms. The van der Waals surface area contributed by atoms with Gasteiger partial charge in [0.05, 0.1) is 11.8 Å². The molecular formula is C12H18N2O. The number of rotatable bonds is 4. The predicted molar refractivity (Wildman–Crippen MR) is 61.6 cm³/mol. The monoisotopic (exact) mass is 206 g/mol. The summed E-state index contributed by atoms with van der Waals surface area (Å²) in [6, 6.07) is 1.97. The summed E-state index contributed by atoms with van der Waals surface area (Å²) in [6.07, 6.45) is 5.60. The number of hydrogen-bond acceptors (Lipinski definition) is 3. The number of nitrogens with zero attached hydrogens (tertiary/aromatic N) is 2. The first-order valence-electron chi connectivity index (χ1n) is 5.54. The van der Waals surface area contributed by atoms with Gasteiger partial charge in [-0.1, -0.05) is 6.92 Å². The van der Waals surface area contributed by atoms with Crippen LogP contribution >= 0.6 is 0 Å². The van der Waals surface area contributed by atoms with E-state index in [2.05, 4.69) is 16.8 Å². The van der Waals surface area contributed by atoms with E-state index in [9.17, 15) is 0 Å². The summed E-state index contributed by atoms with van der Waals surface area (Å²) < 4.78 is 5.88. The molecule has 1 aliphatic rings. The molecule has 0 aliphatic heterocycles. The van der Waals surface area contributed by atoms with Crippen LogP contribution in [0.3, 0.4) is 0 Å². The Morgan fingerprint density at radius 2 is 2.20 bits per heavy atom. The fourth-order valence-electron chi connectivity index (χ4n) is 1.68. The van der Waals surface area contributed by atoms with Crippen LogP contribution in [0.5, 0.6) is 5.75 Å². The predicted octanol–water partition coefficient (Wildman–Crippen LogP) is 2.25. The van der Waals surface area contributed by atoms with Gasteiger partial charge in [-0.25, -0.2) is 0 Å². The van der Waals surface area contributed by atoms with Gasteiger partial charge in [0.1, 0.15) is 11.4 Å². The van der Waals surface area contributed by atoms with E-state index >= 15 is 0 Å². The van der Waals surface area contributed by atoms with Crippen LogP contribution in [0.2, 0.25) is 0 Å². The molecule has 0 N–H and O–H groups in total. The number of hydrogen-bond donors (Lipinski definition) is 0. The fourth-order valence-corrected chi connectivity index (χ4v) is 1.68. The van der Waals surface area contributed by atoms with Gasteiger partial charge >= 0.3 is 0 Å². The van der Waals surface area contributed by atoms with Crippen molar-refractivity contribution in [1.82, 2.24) is 4.98 Å². The average molecular weight is 206 g/mol. The Kier molecular flexibility index (Phi) is 2.80. The van der Waals surface area contributed by atoms with Crippen molar-refractivity contribution in [1.29, 1.82) is 0 Å². The Balaban J connectivity index is 2.32. The zero-order chi connectivity index (χ0) is 10.8. The smallest absolute Gasteiger partial charge is 0.146 e. The molecule has 1 fully saturated rings. The lowest BCUT2D eigenvalue weighted by Crippen LogP contribution is -2.14. The van der Waals surface area contributed by atoms with E-state index in [0.29, 0.717) is 6.10 Å². The fraction of sp³-hybridized carbons (Fsp3) is 0.583. The number of aromatic nitrogens is 1. The molecule has 1 aliphatic carbocycles. The van der Waals surface area contributed by atoms with E-state index in [4.69, 9.17) is 4.74 Å². The van der Waals surface area contributed by atoms with Crippen molar-refractivity contribution in [3.8, 4) is 5.75 Å². The molecule has 2 rings (SSSR count). The van der Waals surface area contributed by atoms with Gasteiger partial charge in [-0.3, -0.25) is 4.98 Å². The summed E-state index contributed by atoms with van der Waals surface area (Å²) in [5.41, 5.74) is 2.24. The van der Waals surface area contributed by atoms with Crippen LogP contribution in [0.15, 0.2) is 12.3 Å². The molecular weight excluding hydrogens is 188 g/mol. The van der Waals surface area contributed by atoms with E-state index in [1.807, 2.05) is 26.4 Å². The summed E-state index contributed by atoms with van der Waals surface area (Å²) in [5, 5.41) is 0. The molecule has 0 bridgehead atoms. The highest BCUT2D eigenvalue weighted by atomic mass is 16.5. The van der Waals surface area contributed by atoms with E-state index < -0.39 is 0 Å². The molecule has 1 heterocycles. The molecule has 0 saturated heterocycles. The topological polar surface area (TPSA) is 25.4 Å². The van der Waals surface area contributed by atoms with Crippen molar-refractivity contribution in [2.45, 2.75) is 32.3 Å². The van der Waals surface area contributed by atoms with E-state index in [-0.39, 0.29) is 0 Å². The highest BCUT2D eigenvalue weighted by molar-refractivity contribution is 5.60. The van der Waals surface area contributed by atoms with Crippen LogP contribution in [-0.4, -0.2) is 25.2 Å². The summed E-state index contributed by atoms with van der Waals surface area (Å²) in [5.74, 6) is 0.981. The van der Waals surface area contributed by atoms with E-state index in [1.54, 1.807) is 0 Å². The van der Waals surface area contributed by atoms with Crippen molar-refractivity contribution in [2.24, 2.45) is 0 Å². The first-order chi connectivity index (χ1) is 7.22. The third-order valence-corrected chi connectivity index (χ3v) is 2.56. The maximum atomic E-state index is 5.88. The first kappa shape index (κ1) is 10.3. The van der Waals surface area contributed by atoms with Crippen LogP contribution in [0, 0.1) is 0 Å². The van der Waals surface area contributed by atoms with Crippen molar-refractivity contribution >= 4 is 5.69 Å². The molecule has 3 nitrogen and oxygen atoms in total. The molecule has 15 heavy (non-hydrogen) atoms. The van der Waals surface area contributed by atoms with Crippen LogP contribution in [-0.2, 0) is 6.42 Å². The normalized spacial score (nSPS) is 15.1. The average Bonchev–Trinajstić information content (AvgIpc) is 3.01. The molecule has 0 unspecified atom stereocenters. The summed E-state index contributed by atoms with van der Waals surface area (Å²) in [4.78, 5) is 6.47. The molecule has 0 radical (unpaired) electrons. The maximum Gasteiger partial charge on any atom is 0.146 e. The highest BCUT2D eigenvalue weighted by Gasteiger charge is 2.25. The standard InChI is InChI=1S/C12H18N2O/c1-4-10-12(14(2)3)11(7-8-13-10)15-9-5-6-9/h7-9H,4-6H2,1-3H3. The molecule has 0 atom stereocenters. The Morgan fingerprint density at radius 3 is 2.73 bits per heavy atom. The Labute approximate surface area is 91.1 Å². The zero-order valence-corrected chi connectivity index (χ0v) is 9.66. The minimum atomic E-state index is 0.441. The van der Waals surface area contributed by atoms with Crippen LogP contribution in [0.1, 0.15) is 25.5 Å². The minimum Gasteiger partial charge on any atom is -0.488 e. The van der Waals surface area contributed by atoms with Crippen molar-refractivity contribution in [3.05, 3.63) is 18.0 Å². The molecule has 1 saturated carbocycles. The largest absolute Gasteiger partial charge is 0.488 e. The molecule has 0 spiro atoms. The molecule has 0 amide bonds. The molecule has 1 aromatic rings. The second-order valence-corrected chi connectivity index (χ2v) is 4.17. The van der Waals surface area contributed by atoms with E-state index in [0.717, 1.165) is 23.6 Å². The van der Waals surface area contributed by atoms with Gasteiger partial charge in [-0.15, -0.1) is 0 Å². The molecule has 0 aromatic carbocycles.